The molecule has 106 valence electrons. The SMILES string of the molecule is CC(C)CC(CO)NC(=O)CCC1CCCNC1. The van der Waals surface area contributed by atoms with Gasteiger partial charge in [0.25, 0.3) is 0 Å². The standard InChI is InChI=1S/C14H28N2O2/c1-11(2)8-13(10-17)16-14(18)6-5-12-4-3-7-15-9-12/h11-13,15,17H,3-10H2,1-2H3,(H,16,18). The van der Waals surface area contributed by atoms with Crippen LogP contribution in [0.2, 0.25) is 0 Å². The Labute approximate surface area is 111 Å². The van der Waals surface area contributed by atoms with Gasteiger partial charge in [0.2, 0.25) is 5.91 Å². The molecule has 2 unspecified atom stereocenters. The Hall–Kier alpha value is -0.610. The van der Waals surface area contributed by atoms with Gasteiger partial charge in [0.15, 0.2) is 0 Å². The lowest BCUT2D eigenvalue weighted by Crippen LogP contribution is -2.39. The van der Waals surface area contributed by atoms with Crippen LogP contribution in [-0.4, -0.2) is 36.8 Å². The molecule has 0 aliphatic carbocycles. The fourth-order valence-electron chi connectivity index (χ4n) is 2.55. The molecule has 1 fully saturated rings. The van der Waals surface area contributed by atoms with Gasteiger partial charge in [0, 0.05) is 6.42 Å². The first-order valence-corrected chi connectivity index (χ1v) is 7.22. The molecule has 0 saturated carbocycles. The molecule has 18 heavy (non-hydrogen) atoms. The minimum Gasteiger partial charge on any atom is -0.394 e. The molecule has 1 amide bonds. The van der Waals surface area contributed by atoms with Crippen molar-refractivity contribution in [3.8, 4) is 0 Å². The van der Waals surface area contributed by atoms with E-state index in [0.717, 1.165) is 25.9 Å². The molecule has 1 rings (SSSR count). The second kappa shape index (κ2) is 8.48. The molecule has 0 aromatic rings. The van der Waals surface area contributed by atoms with Gasteiger partial charge in [-0.25, -0.2) is 0 Å². The molecule has 3 N–H and O–H groups in total. The van der Waals surface area contributed by atoms with Gasteiger partial charge < -0.3 is 15.7 Å². The van der Waals surface area contributed by atoms with E-state index in [-0.39, 0.29) is 18.6 Å². The van der Waals surface area contributed by atoms with Crippen LogP contribution >= 0.6 is 0 Å². The van der Waals surface area contributed by atoms with Crippen molar-refractivity contribution in [1.29, 1.82) is 0 Å². The van der Waals surface area contributed by atoms with Crippen LogP contribution in [0.1, 0.15) is 46.0 Å². The average molecular weight is 256 g/mol. The van der Waals surface area contributed by atoms with E-state index in [1.165, 1.54) is 12.8 Å². The highest BCUT2D eigenvalue weighted by atomic mass is 16.3. The Bertz CT molecular complexity index is 238. The predicted octanol–water partition coefficient (Wildman–Crippen LogP) is 1.29. The summed E-state index contributed by atoms with van der Waals surface area (Å²) in [5.74, 6) is 1.22. The molecular formula is C14H28N2O2. The molecule has 1 aliphatic heterocycles. The molecule has 1 heterocycles. The van der Waals surface area contributed by atoms with Crippen LogP contribution in [0.15, 0.2) is 0 Å². The lowest BCUT2D eigenvalue weighted by molar-refractivity contribution is -0.122. The monoisotopic (exact) mass is 256 g/mol. The number of carbonyl (C=O) groups excluding carboxylic acids is 1. The fourth-order valence-corrected chi connectivity index (χ4v) is 2.55. The van der Waals surface area contributed by atoms with Crippen molar-refractivity contribution in [3.05, 3.63) is 0 Å². The van der Waals surface area contributed by atoms with Gasteiger partial charge in [-0.2, -0.15) is 0 Å². The molecule has 0 aromatic heterocycles. The van der Waals surface area contributed by atoms with Crippen molar-refractivity contribution in [1.82, 2.24) is 10.6 Å². The molecule has 0 spiro atoms. The number of aliphatic hydroxyl groups is 1. The van der Waals surface area contributed by atoms with Crippen LogP contribution in [0.3, 0.4) is 0 Å². The number of amides is 1. The Balaban J connectivity index is 2.18. The molecule has 0 radical (unpaired) electrons. The number of nitrogens with one attached hydrogen (secondary N) is 2. The highest BCUT2D eigenvalue weighted by Crippen LogP contribution is 2.15. The second-order valence-electron chi connectivity index (χ2n) is 5.83. The van der Waals surface area contributed by atoms with E-state index in [4.69, 9.17) is 0 Å². The van der Waals surface area contributed by atoms with Crippen molar-refractivity contribution < 1.29 is 9.90 Å². The number of carbonyl (C=O) groups is 1. The summed E-state index contributed by atoms with van der Waals surface area (Å²) in [6, 6.07) is -0.0815. The molecule has 1 saturated heterocycles. The van der Waals surface area contributed by atoms with Crippen LogP contribution in [0, 0.1) is 11.8 Å². The highest BCUT2D eigenvalue weighted by molar-refractivity contribution is 5.76. The lowest BCUT2D eigenvalue weighted by Gasteiger charge is -2.23. The molecular weight excluding hydrogens is 228 g/mol. The van der Waals surface area contributed by atoms with E-state index >= 15 is 0 Å². The van der Waals surface area contributed by atoms with Gasteiger partial charge in [0.05, 0.1) is 12.6 Å². The maximum Gasteiger partial charge on any atom is 0.220 e. The summed E-state index contributed by atoms with van der Waals surface area (Å²) in [6.45, 7) is 6.40. The lowest BCUT2D eigenvalue weighted by atomic mass is 9.94. The summed E-state index contributed by atoms with van der Waals surface area (Å²) in [4.78, 5) is 11.8. The topological polar surface area (TPSA) is 61.4 Å². The number of hydrogen-bond acceptors (Lipinski definition) is 3. The van der Waals surface area contributed by atoms with Crippen molar-refractivity contribution >= 4 is 5.91 Å². The third kappa shape index (κ3) is 6.36. The molecule has 4 nitrogen and oxygen atoms in total. The fraction of sp³-hybridized carbons (Fsp3) is 0.929. The minimum atomic E-state index is -0.0815. The van der Waals surface area contributed by atoms with Crippen LogP contribution in [0.25, 0.3) is 0 Å². The van der Waals surface area contributed by atoms with Crippen molar-refractivity contribution in [2.24, 2.45) is 11.8 Å². The van der Waals surface area contributed by atoms with Crippen LogP contribution in [0.5, 0.6) is 0 Å². The Morgan fingerprint density at radius 1 is 1.50 bits per heavy atom. The van der Waals surface area contributed by atoms with Crippen LogP contribution < -0.4 is 10.6 Å². The van der Waals surface area contributed by atoms with E-state index in [0.29, 0.717) is 18.3 Å². The second-order valence-corrected chi connectivity index (χ2v) is 5.83. The largest absolute Gasteiger partial charge is 0.394 e. The van der Waals surface area contributed by atoms with Gasteiger partial charge in [-0.05, 0) is 50.6 Å². The number of rotatable bonds is 7. The van der Waals surface area contributed by atoms with Crippen LogP contribution in [-0.2, 0) is 4.79 Å². The molecule has 0 aromatic carbocycles. The molecule has 0 bridgehead atoms. The summed E-state index contributed by atoms with van der Waals surface area (Å²) >= 11 is 0. The Kier molecular flexibility index (Phi) is 7.28. The van der Waals surface area contributed by atoms with E-state index in [1.807, 2.05) is 0 Å². The third-order valence-corrected chi connectivity index (χ3v) is 3.52. The first-order chi connectivity index (χ1) is 8.61. The summed E-state index contributed by atoms with van der Waals surface area (Å²) in [6.07, 6.45) is 4.83. The predicted molar refractivity (Wildman–Crippen MR) is 73.3 cm³/mol. The summed E-state index contributed by atoms with van der Waals surface area (Å²) in [5.41, 5.74) is 0. The van der Waals surface area contributed by atoms with Gasteiger partial charge in [-0.3, -0.25) is 4.79 Å². The summed E-state index contributed by atoms with van der Waals surface area (Å²) in [7, 11) is 0. The summed E-state index contributed by atoms with van der Waals surface area (Å²) < 4.78 is 0. The van der Waals surface area contributed by atoms with E-state index in [9.17, 15) is 9.90 Å². The zero-order valence-corrected chi connectivity index (χ0v) is 11.7. The van der Waals surface area contributed by atoms with E-state index in [2.05, 4.69) is 24.5 Å². The van der Waals surface area contributed by atoms with Crippen LogP contribution in [0.4, 0.5) is 0 Å². The maximum absolute atomic E-state index is 11.8. The quantitative estimate of drug-likeness (QED) is 0.643. The van der Waals surface area contributed by atoms with Gasteiger partial charge in [-0.1, -0.05) is 13.8 Å². The first-order valence-electron chi connectivity index (χ1n) is 7.22. The zero-order valence-electron chi connectivity index (χ0n) is 11.7. The van der Waals surface area contributed by atoms with Gasteiger partial charge in [-0.15, -0.1) is 0 Å². The maximum atomic E-state index is 11.8. The van der Waals surface area contributed by atoms with E-state index < -0.39 is 0 Å². The normalized spacial score (nSPS) is 21.9. The van der Waals surface area contributed by atoms with E-state index in [1.54, 1.807) is 0 Å². The number of hydrogen-bond donors (Lipinski definition) is 3. The van der Waals surface area contributed by atoms with Gasteiger partial charge in [0.1, 0.15) is 0 Å². The number of aliphatic hydroxyl groups excluding tert-OH is 1. The highest BCUT2D eigenvalue weighted by Gasteiger charge is 2.16. The Morgan fingerprint density at radius 2 is 2.28 bits per heavy atom. The molecule has 4 heteroatoms. The summed E-state index contributed by atoms with van der Waals surface area (Å²) in [5, 5.41) is 15.5. The zero-order chi connectivity index (χ0) is 13.4. The molecule has 1 aliphatic rings. The van der Waals surface area contributed by atoms with Crippen molar-refractivity contribution in [2.45, 2.75) is 52.0 Å². The smallest absolute Gasteiger partial charge is 0.220 e. The third-order valence-electron chi connectivity index (χ3n) is 3.52. The average Bonchev–Trinajstić information content (AvgIpc) is 2.36. The van der Waals surface area contributed by atoms with Crippen molar-refractivity contribution in [2.75, 3.05) is 19.7 Å². The first kappa shape index (κ1) is 15.4. The van der Waals surface area contributed by atoms with Crippen molar-refractivity contribution in [3.63, 3.8) is 0 Å². The Morgan fingerprint density at radius 3 is 2.83 bits per heavy atom. The molecule has 2 atom stereocenters. The van der Waals surface area contributed by atoms with Gasteiger partial charge >= 0.3 is 0 Å². The minimum absolute atomic E-state index is 0.0366. The number of piperidine rings is 1.